The summed E-state index contributed by atoms with van der Waals surface area (Å²) in [4.78, 5) is 5.28. The lowest BCUT2D eigenvalue weighted by atomic mass is 10.1. The Kier molecular flexibility index (Phi) is 4.97. The fourth-order valence-electron chi connectivity index (χ4n) is 1.81. The van der Waals surface area contributed by atoms with Gasteiger partial charge in [-0.2, -0.15) is 13.2 Å². The normalized spacial score (nSPS) is 13.4. The number of nitrogens with zero attached hydrogens (tertiary/aromatic N) is 1. The zero-order chi connectivity index (χ0) is 15.5. The van der Waals surface area contributed by atoms with Crippen LogP contribution >= 0.6 is 11.3 Å². The van der Waals surface area contributed by atoms with Crippen molar-refractivity contribution in [3.05, 3.63) is 51.5 Å². The standard InChI is InChI=1S/C14H15F3N2OS/c1-9-6-19-13(21-9)8-18-7-12(20)10-2-4-11(5-3-10)14(15,16)17/h2-6,12,18,20H,7-8H2,1H3. The van der Waals surface area contributed by atoms with Crippen LogP contribution in [0.4, 0.5) is 13.2 Å². The van der Waals surface area contributed by atoms with Gasteiger partial charge in [-0.1, -0.05) is 12.1 Å². The molecule has 0 saturated carbocycles. The highest BCUT2D eigenvalue weighted by atomic mass is 32.1. The summed E-state index contributed by atoms with van der Waals surface area (Å²) in [6.45, 7) is 2.73. The van der Waals surface area contributed by atoms with Crippen LogP contribution in [0.5, 0.6) is 0 Å². The number of nitrogens with one attached hydrogen (secondary N) is 1. The van der Waals surface area contributed by atoms with E-state index >= 15 is 0 Å². The van der Waals surface area contributed by atoms with E-state index in [1.54, 1.807) is 17.5 Å². The molecule has 0 saturated heterocycles. The highest BCUT2D eigenvalue weighted by Crippen LogP contribution is 2.29. The lowest BCUT2D eigenvalue weighted by molar-refractivity contribution is -0.137. The van der Waals surface area contributed by atoms with Gasteiger partial charge in [-0.25, -0.2) is 4.98 Å². The van der Waals surface area contributed by atoms with Crippen molar-refractivity contribution in [2.75, 3.05) is 6.54 Å². The molecule has 0 amide bonds. The van der Waals surface area contributed by atoms with Crippen molar-refractivity contribution in [2.24, 2.45) is 0 Å². The molecule has 7 heteroatoms. The van der Waals surface area contributed by atoms with Crippen LogP contribution in [0.25, 0.3) is 0 Å². The van der Waals surface area contributed by atoms with E-state index in [2.05, 4.69) is 10.3 Å². The first-order valence-corrected chi connectivity index (χ1v) is 7.15. The Labute approximate surface area is 124 Å². The Hall–Kier alpha value is -1.44. The minimum atomic E-state index is -4.36. The molecule has 114 valence electrons. The van der Waals surface area contributed by atoms with Crippen LogP contribution < -0.4 is 5.32 Å². The third-order valence-electron chi connectivity index (χ3n) is 2.91. The summed E-state index contributed by atoms with van der Waals surface area (Å²) in [6.07, 6.45) is -3.44. The molecule has 0 bridgehead atoms. The molecule has 2 N–H and O–H groups in total. The summed E-state index contributed by atoms with van der Waals surface area (Å²) in [5, 5.41) is 13.9. The molecule has 21 heavy (non-hydrogen) atoms. The predicted octanol–water partition coefficient (Wildman–Crippen LogP) is 3.29. The Morgan fingerprint density at radius 1 is 1.29 bits per heavy atom. The average Bonchev–Trinajstić information content (AvgIpc) is 2.83. The molecule has 0 spiro atoms. The van der Waals surface area contributed by atoms with Crippen molar-refractivity contribution < 1.29 is 18.3 Å². The molecule has 0 aliphatic rings. The molecule has 0 aliphatic heterocycles. The fourth-order valence-corrected chi connectivity index (χ4v) is 2.57. The van der Waals surface area contributed by atoms with Gasteiger partial charge in [0, 0.05) is 24.2 Å². The van der Waals surface area contributed by atoms with Crippen LogP contribution in [-0.4, -0.2) is 16.6 Å². The van der Waals surface area contributed by atoms with Gasteiger partial charge in [-0.3, -0.25) is 0 Å². The molecule has 1 unspecified atom stereocenters. The van der Waals surface area contributed by atoms with Crippen LogP contribution in [-0.2, 0) is 12.7 Å². The molecular weight excluding hydrogens is 301 g/mol. The van der Waals surface area contributed by atoms with E-state index in [1.807, 2.05) is 6.92 Å². The Bertz CT molecular complexity index is 581. The highest BCUT2D eigenvalue weighted by Gasteiger charge is 2.30. The number of benzene rings is 1. The van der Waals surface area contributed by atoms with E-state index in [1.165, 1.54) is 12.1 Å². The molecule has 1 aromatic heterocycles. The van der Waals surface area contributed by atoms with Gasteiger partial charge >= 0.3 is 6.18 Å². The van der Waals surface area contributed by atoms with Gasteiger partial charge in [0.1, 0.15) is 5.01 Å². The maximum atomic E-state index is 12.4. The third-order valence-corrected chi connectivity index (χ3v) is 3.82. The van der Waals surface area contributed by atoms with Crippen LogP contribution in [0.3, 0.4) is 0 Å². The zero-order valence-electron chi connectivity index (χ0n) is 11.3. The van der Waals surface area contributed by atoms with Crippen molar-refractivity contribution in [1.82, 2.24) is 10.3 Å². The Morgan fingerprint density at radius 3 is 2.48 bits per heavy atom. The van der Waals surface area contributed by atoms with Gasteiger partial charge in [0.05, 0.1) is 11.7 Å². The smallest absolute Gasteiger partial charge is 0.387 e. The number of rotatable bonds is 5. The van der Waals surface area contributed by atoms with Crippen LogP contribution in [0.1, 0.15) is 27.1 Å². The van der Waals surface area contributed by atoms with E-state index in [0.29, 0.717) is 12.1 Å². The van der Waals surface area contributed by atoms with E-state index in [-0.39, 0.29) is 6.54 Å². The highest BCUT2D eigenvalue weighted by molar-refractivity contribution is 7.11. The maximum Gasteiger partial charge on any atom is 0.416 e. The summed E-state index contributed by atoms with van der Waals surface area (Å²) in [5.41, 5.74) is -0.268. The molecule has 1 heterocycles. The van der Waals surface area contributed by atoms with E-state index in [0.717, 1.165) is 22.0 Å². The molecular formula is C14H15F3N2OS. The SMILES string of the molecule is Cc1cnc(CNCC(O)c2ccc(C(F)(F)F)cc2)s1. The second kappa shape index (κ2) is 6.55. The van der Waals surface area contributed by atoms with Gasteiger partial charge in [-0.15, -0.1) is 11.3 Å². The fraction of sp³-hybridized carbons (Fsp3) is 0.357. The lowest BCUT2D eigenvalue weighted by Gasteiger charge is -2.13. The molecule has 0 radical (unpaired) electrons. The number of halogens is 3. The number of aromatic nitrogens is 1. The second-order valence-corrected chi connectivity index (χ2v) is 5.95. The lowest BCUT2D eigenvalue weighted by Crippen LogP contribution is -2.21. The number of aliphatic hydroxyl groups is 1. The summed E-state index contributed by atoms with van der Waals surface area (Å²) in [7, 11) is 0. The topological polar surface area (TPSA) is 45.2 Å². The van der Waals surface area contributed by atoms with E-state index in [4.69, 9.17) is 0 Å². The van der Waals surface area contributed by atoms with Gasteiger partial charge in [0.25, 0.3) is 0 Å². The first kappa shape index (κ1) is 15.9. The van der Waals surface area contributed by atoms with Crippen molar-refractivity contribution >= 4 is 11.3 Å². The van der Waals surface area contributed by atoms with Crippen molar-refractivity contribution in [3.63, 3.8) is 0 Å². The first-order chi connectivity index (χ1) is 9.86. The van der Waals surface area contributed by atoms with Crippen molar-refractivity contribution in [3.8, 4) is 0 Å². The van der Waals surface area contributed by atoms with Crippen LogP contribution in [0.2, 0.25) is 0 Å². The quantitative estimate of drug-likeness (QED) is 0.890. The largest absolute Gasteiger partial charge is 0.416 e. The molecule has 2 rings (SSSR count). The van der Waals surface area contributed by atoms with Crippen molar-refractivity contribution in [1.29, 1.82) is 0 Å². The number of thiazole rings is 1. The first-order valence-electron chi connectivity index (χ1n) is 6.33. The maximum absolute atomic E-state index is 12.4. The average molecular weight is 316 g/mol. The summed E-state index contributed by atoms with van der Waals surface area (Å²) < 4.78 is 37.3. The van der Waals surface area contributed by atoms with Gasteiger partial charge in [0.15, 0.2) is 0 Å². The molecule has 0 aliphatic carbocycles. The molecule has 0 fully saturated rings. The van der Waals surface area contributed by atoms with Crippen LogP contribution in [0, 0.1) is 6.92 Å². The summed E-state index contributed by atoms with van der Waals surface area (Å²) in [5.74, 6) is 0. The van der Waals surface area contributed by atoms with Gasteiger partial charge in [0.2, 0.25) is 0 Å². The Morgan fingerprint density at radius 2 is 1.95 bits per heavy atom. The number of hydrogen-bond acceptors (Lipinski definition) is 4. The number of alkyl halides is 3. The number of hydrogen-bond donors (Lipinski definition) is 2. The zero-order valence-corrected chi connectivity index (χ0v) is 12.1. The molecule has 3 nitrogen and oxygen atoms in total. The molecule has 1 atom stereocenters. The summed E-state index contributed by atoms with van der Waals surface area (Å²) >= 11 is 1.56. The molecule has 2 aromatic rings. The number of aryl methyl sites for hydroxylation is 1. The third kappa shape index (κ3) is 4.52. The monoisotopic (exact) mass is 316 g/mol. The molecule has 1 aromatic carbocycles. The minimum absolute atomic E-state index is 0.254. The predicted molar refractivity (Wildman–Crippen MR) is 75.0 cm³/mol. The summed E-state index contributed by atoms with van der Waals surface area (Å²) in [6, 6.07) is 4.54. The number of aliphatic hydroxyl groups excluding tert-OH is 1. The van der Waals surface area contributed by atoms with Gasteiger partial charge < -0.3 is 10.4 Å². The Balaban J connectivity index is 1.87. The minimum Gasteiger partial charge on any atom is -0.387 e. The van der Waals surface area contributed by atoms with Crippen molar-refractivity contribution in [2.45, 2.75) is 25.7 Å². The van der Waals surface area contributed by atoms with E-state index in [9.17, 15) is 18.3 Å². The van der Waals surface area contributed by atoms with Crippen LogP contribution in [0.15, 0.2) is 30.5 Å². The second-order valence-electron chi connectivity index (χ2n) is 4.63. The van der Waals surface area contributed by atoms with Gasteiger partial charge in [-0.05, 0) is 24.6 Å². The van der Waals surface area contributed by atoms with E-state index < -0.39 is 17.8 Å².